The number of hydrogen-bond donors (Lipinski definition) is 0. The van der Waals surface area contributed by atoms with Gasteiger partial charge in [0.05, 0.1) is 0 Å². The summed E-state index contributed by atoms with van der Waals surface area (Å²) in [6.07, 6.45) is 8.91. The molecule has 4 unspecified atom stereocenters. The van der Waals surface area contributed by atoms with E-state index in [9.17, 15) is 0 Å². The van der Waals surface area contributed by atoms with E-state index in [1.165, 1.54) is 38.5 Å². The van der Waals surface area contributed by atoms with Crippen molar-refractivity contribution >= 4 is 31.9 Å². The van der Waals surface area contributed by atoms with Gasteiger partial charge in [0.25, 0.3) is 0 Å². The van der Waals surface area contributed by atoms with Crippen molar-refractivity contribution in [3.05, 3.63) is 0 Å². The number of alkyl halides is 2. The molecular weight excluding hydrogens is 340 g/mol. The molecule has 94 valence electrons. The molecule has 0 aromatic rings. The van der Waals surface area contributed by atoms with E-state index >= 15 is 0 Å². The fourth-order valence-electron chi connectivity index (χ4n) is 7.30. The lowest BCUT2D eigenvalue weighted by Gasteiger charge is -2.77. The van der Waals surface area contributed by atoms with E-state index in [1.54, 1.807) is 0 Å². The monoisotopic (exact) mass is 358 g/mol. The molecule has 0 aromatic heterocycles. The van der Waals surface area contributed by atoms with E-state index in [2.05, 4.69) is 38.8 Å². The lowest BCUT2D eigenvalue weighted by molar-refractivity contribution is -0.230. The van der Waals surface area contributed by atoms with Crippen LogP contribution in [0.4, 0.5) is 0 Å². The third kappa shape index (κ3) is 1.06. The molecular formula is C15H20Br2. The summed E-state index contributed by atoms with van der Waals surface area (Å²) in [6, 6.07) is 0. The van der Waals surface area contributed by atoms with Crippen LogP contribution in [0.1, 0.15) is 45.4 Å². The molecule has 0 aromatic carbocycles. The molecule has 7 fully saturated rings. The van der Waals surface area contributed by atoms with Crippen LogP contribution in [0.25, 0.3) is 0 Å². The van der Waals surface area contributed by atoms with E-state index in [0.29, 0.717) is 14.1 Å². The molecule has 0 nitrogen and oxygen atoms in total. The van der Waals surface area contributed by atoms with E-state index in [0.717, 1.165) is 29.6 Å². The molecule has 0 amide bonds. The molecule has 17 heavy (non-hydrogen) atoms. The van der Waals surface area contributed by atoms with Crippen LogP contribution >= 0.6 is 31.9 Å². The van der Waals surface area contributed by atoms with Crippen LogP contribution in [0.5, 0.6) is 0 Å². The second kappa shape index (κ2) is 2.71. The lowest BCUT2D eigenvalue weighted by atomic mass is 9.31. The highest BCUT2D eigenvalue weighted by molar-refractivity contribution is 9.10. The largest absolute Gasteiger partial charge is 0.0853 e. The first-order valence-corrected chi connectivity index (χ1v) is 8.89. The van der Waals surface area contributed by atoms with Crippen molar-refractivity contribution in [2.24, 2.45) is 35.0 Å². The predicted molar refractivity (Wildman–Crippen MR) is 76.6 cm³/mol. The molecule has 7 aliphatic carbocycles. The minimum Gasteiger partial charge on any atom is -0.0853 e. The first-order chi connectivity index (χ1) is 7.93. The molecule has 7 rings (SSSR count). The van der Waals surface area contributed by atoms with Gasteiger partial charge >= 0.3 is 0 Å². The summed E-state index contributed by atoms with van der Waals surface area (Å²) in [5.41, 5.74) is 0.684. The summed E-state index contributed by atoms with van der Waals surface area (Å²) >= 11 is 8.28. The Hall–Kier alpha value is 0.960. The van der Waals surface area contributed by atoms with Crippen LogP contribution in [0, 0.1) is 35.0 Å². The first kappa shape index (κ1) is 10.7. The van der Waals surface area contributed by atoms with Gasteiger partial charge < -0.3 is 0 Å². The van der Waals surface area contributed by atoms with Crippen molar-refractivity contribution < 1.29 is 0 Å². The highest BCUT2D eigenvalue weighted by atomic mass is 79.9. The van der Waals surface area contributed by atoms with Gasteiger partial charge in [-0.3, -0.25) is 0 Å². The van der Waals surface area contributed by atoms with Gasteiger partial charge in [-0.25, -0.2) is 0 Å². The summed E-state index contributed by atoms with van der Waals surface area (Å²) in [6.45, 7) is 2.64. The molecule has 0 saturated heterocycles. The molecule has 7 saturated carbocycles. The summed E-state index contributed by atoms with van der Waals surface area (Å²) < 4.78 is 1.10. The van der Waals surface area contributed by atoms with Crippen LogP contribution in [0.15, 0.2) is 0 Å². The minimum atomic E-state index is 0.546. The molecule has 7 aliphatic rings. The predicted octanol–water partition coefficient (Wildman–Crippen LogP) is 4.75. The Labute approximate surface area is 121 Å². The SMILES string of the molecule is CC12CC3(Br)CC4C5CC(Br)(CC41)CC2C5C3. The molecule has 4 atom stereocenters. The Bertz CT molecular complexity index is 391. The second-order valence-electron chi connectivity index (χ2n) is 8.21. The van der Waals surface area contributed by atoms with Crippen LogP contribution in [0.3, 0.4) is 0 Å². The van der Waals surface area contributed by atoms with Gasteiger partial charge in [-0.05, 0) is 73.5 Å². The number of rotatable bonds is 0. The lowest BCUT2D eigenvalue weighted by Crippen LogP contribution is -2.72. The molecule has 8 bridgehead atoms. The minimum absolute atomic E-state index is 0.546. The van der Waals surface area contributed by atoms with Crippen LogP contribution < -0.4 is 0 Å². The summed E-state index contributed by atoms with van der Waals surface area (Å²) in [7, 11) is 0. The summed E-state index contributed by atoms with van der Waals surface area (Å²) in [5.74, 6) is 5.29. The average Bonchev–Trinajstić information content (AvgIpc) is 2.23. The van der Waals surface area contributed by atoms with Crippen LogP contribution in [-0.4, -0.2) is 8.65 Å². The van der Waals surface area contributed by atoms with Gasteiger partial charge in [0, 0.05) is 8.65 Å². The fourth-order valence-corrected chi connectivity index (χ4v) is 9.73. The maximum Gasteiger partial charge on any atom is 0.0269 e. The van der Waals surface area contributed by atoms with Crippen molar-refractivity contribution in [1.29, 1.82) is 0 Å². The van der Waals surface area contributed by atoms with Gasteiger partial charge in [0.2, 0.25) is 0 Å². The molecule has 0 N–H and O–H groups in total. The van der Waals surface area contributed by atoms with E-state index < -0.39 is 0 Å². The highest BCUT2D eigenvalue weighted by Crippen LogP contribution is 2.79. The zero-order valence-corrected chi connectivity index (χ0v) is 13.6. The third-order valence-electron chi connectivity index (χ3n) is 7.50. The van der Waals surface area contributed by atoms with Crippen molar-refractivity contribution in [2.75, 3.05) is 0 Å². The molecule has 0 aliphatic heterocycles. The molecule has 0 spiro atoms. The van der Waals surface area contributed by atoms with Gasteiger partial charge in [-0.2, -0.15) is 0 Å². The Morgan fingerprint density at radius 3 is 1.88 bits per heavy atom. The van der Waals surface area contributed by atoms with E-state index in [4.69, 9.17) is 0 Å². The van der Waals surface area contributed by atoms with Crippen molar-refractivity contribution in [1.82, 2.24) is 0 Å². The van der Waals surface area contributed by atoms with Crippen LogP contribution in [0.2, 0.25) is 0 Å². The van der Waals surface area contributed by atoms with E-state index in [-0.39, 0.29) is 0 Å². The standard InChI is InChI=1S/C15H20Br2/c1-13-7-15(17)3-9-8-2-14(16,5-11(9)13)6-12(13)10(8)4-15/h8-12H,2-7H2,1H3. The van der Waals surface area contributed by atoms with Crippen molar-refractivity contribution in [2.45, 2.75) is 54.1 Å². The zero-order chi connectivity index (χ0) is 11.6. The van der Waals surface area contributed by atoms with Crippen molar-refractivity contribution in [3.63, 3.8) is 0 Å². The summed E-state index contributed by atoms with van der Waals surface area (Å²) in [4.78, 5) is 0. The second-order valence-corrected chi connectivity index (χ2v) is 11.6. The molecule has 2 heteroatoms. The van der Waals surface area contributed by atoms with Crippen molar-refractivity contribution in [3.8, 4) is 0 Å². The average molecular weight is 360 g/mol. The first-order valence-electron chi connectivity index (χ1n) is 7.30. The van der Waals surface area contributed by atoms with Crippen LogP contribution in [-0.2, 0) is 0 Å². The fraction of sp³-hybridized carbons (Fsp3) is 1.00. The quantitative estimate of drug-likeness (QED) is 0.547. The summed E-state index contributed by atoms with van der Waals surface area (Å²) in [5, 5.41) is 0. The third-order valence-corrected chi connectivity index (χ3v) is 9.40. The number of halogens is 2. The Kier molecular flexibility index (Phi) is 1.70. The maximum atomic E-state index is 4.15. The van der Waals surface area contributed by atoms with E-state index in [1.807, 2.05) is 0 Å². The van der Waals surface area contributed by atoms with Gasteiger partial charge in [-0.15, -0.1) is 0 Å². The Morgan fingerprint density at radius 1 is 0.765 bits per heavy atom. The Morgan fingerprint density at radius 2 is 1.29 bits per heavy atom. The maximum absolute atomic E-state index is 4.15. The zero-order valence-electron chi connectivity index (χ0n) is 10.4. The van der Waals surface area contributed by atoms with Gasteiger partial charge in [-0.1, -0.05) is 38.8 Å². The topological polar surface area (TPSA) is 0 Å². The smallest absolute Gasteiger partial charge is 0.0269 e. The van der Waals surface area contributed by atoms with Gasteiger partial charge in [0.1, 0.15) is 0 Å². The highest BCUT2D eigenvalue weighted by Gasteiger charge is 2.73. The Balaban J connectivity index is 1.72. The molecule has 0 radical (unpaired) electrons. The number of hydrogen-bond acceptors (Lipinski definition) is 0. The normalized spacial score (nSPS) is 74.6. The van der Waals surface area contributed by atoms with Gasteiger partial charge in [0.15, 0.2) is 0 Å². The molecule has 0 heterocycles.